The van der Waals surface area contributed by atoms with E-state index >= 15 is 0 Å². The first kappa shape index (κ1) is 17.9. The maximum atomic E-state index is 12.0. The maximum Gasteiger partial charge on any atom is 0.225 e. The zero-order valence-corrected chi connectivity index (χ0v) is 16.3. The number of ether oxygens (including phenoxy) is 2. The second-order valence-electron chi connectivity index (χ2n) is 6.33. The Bertz CT molecular complexity index is 985. The average Bonchev–Trinajstić information content (AvgIpc) is 3.14. The van der Waals surface area contributed by atoms with Gasteiger partial charge in [-0.2, -0.15) is 0 Å². The van der Waals surface area contributed by atoms with Crippen molar-refractivity contribution in [2.75, 3.05) is 12.4 Å². The second-order valence-corrected chi connectivity index (χ2v) is 7.72. The van der Waals surface area contributed by atoms with Gasteiger partial charge in [-0.25, -0.2) is 0 Å². The van der Waals surface area contributed by atoms with Crippen molar-refractivity contribution in [1.82, 2.24) is 0 Å². The van der Waals surface area contributed by atoms with Crippen molar-refractivity contribution in [2.24, 2.45) is 0 Å². The minimum atomic E-state index is 0.0321. The highest BCUT2D eigenvalue weighted by Crippen LogP contribution is 2.42. The molecule has 2 heterocycles. The maximum absolute atomic E-state index is 12.0. The van der Waals surface area contributed by atoms with Crippen molar-refractivity contribution in [3.63, 3.8) is 0 Å². The average molecular weight is 400 g/mol. The molecule has 6 heteroatoms. The van der Waals surface area contributed by atoms with E-state index in [1.54, 1.807) is 18.4 Å². The zero-order chi connectivity index (χ0) is 18.8. The lowest BCUT2D eigenvalue weighted by Gasteiger charge is -2.23. The number of methoxy groups -OCH3 is 1. The van der Waals surface area contributed by atoms with E-state index in [0.29, 0.717) is 29.5 Å². The van der Waals surface area contributed by atoms with Crippen LogP contribution in [-0.2, 0) is 11.4 Å². The van der Waals surface area contributed by atoms with Crippen LogP contribution in [-0.4, -0.2) is 13.0 Å². The van der Waals surface area contributed by atoms with Crippen LogP contribution in [0, 0.1) is 0 Å². The van der Waals surface area contributed by atoms with Gasteiger partial charge in [0.15, 0.2) is 11.5 Å². The Labute approximate surface area is 166 Å². The van der Waals surface area contributed by atoms with Crippen LogP contribution in [0.2, 0.25) is 5.02 Å². The Balaban J connectivity index is 1.58. The van der Waals surface area contributed by atoms with E-state index in [0.717, 1.165) is 16.8 Å². The molecule has 0 saturated carbocycles. The van der Waals surface area contributed by atoms with Crippen molar-refractivity contribution in [2.45, 2.75) is 18.9 Å². The summed E-state index contributed by atoms with van der Waals surface area (Å²) < 4.78 is 11.5. The number of halogens is 1. The number of carbonyl (C=O) groups excluding carboxylic acids is 1. The molecule has 0 radical (unpaired) electrons. The van der Waals surface area contributed by atoms with Crippen LogP contribution < -0.4 is 14.8 Å². The topological polar surface area (TPSA) is 47.6 Å². The molecule has 0 spiro atoms. The first-order chi connectivity index (χ1) is 13.1. The molecule has 1 amide bonds. The summed E-state index contributed by atoms with van der Waals surface area (Å²) in [5.41, 5.74) is 2.93. The van der Waals surface area contributed by atoms with Crippen molar-refractivity contribution < 1.29 is 14.3 Å². The number of fused-ring (bicyclic) bond motifs is 1. The van der Waals surface area contributed by atoms with Gasteiger partial charge in [-0.3, -0.25) is 4.79 Å². The Kier molecular flexibility index (Phi) is 5.05. The molecule has 4 nitrogen and oxygen atoms in total. The third-order valence-corrected chi connectivity index (χ3v) is 5.81. The van der Waals surface area contributed by atoms with Crippen molar-refractivity contribution >= 4 is 34.5 Å². The molecule has 0 fully saturated rings. The fraction of sp³-hybridized carbons (Fsp3) is 0.190. The summed E-state index contributed by atoms with van der Waals surface area (Å²) in [6.45, 7) is 0.400. The summed E-state index contributed by atoms with van der Waals surface area (Å²) >= 11 is 7.68. The minimum Gasteiger partial charge on any atom is -0.493 e. The summed E-state index contributed by atoms with van der Waals surface area (Å²) in [5.74, 6) is 1.38. The third-order valence-electron chi connectivity index (χ3n) is 4.55. The first-order valence-electron chi connectivity index (χ1n) is 8.56. The van der Waals surface area contributed by atoms with E-state index in [4.69, 9.17) is 21.1 Å². The van der Waals surface area contributed by atoms with Gasteiger partial charge in [0.1, 0.15) is 6.61 Å². The molecular weight excluding hydrogens is 382 g/mol. The predicted octanol–water partition coefficient (Wildman–Crippen LogP) is 5.46. The fourth-order valence-corrected chi connectivity index (χ4v) is 4.44. The molecule has 1 N–H and O–H groups in total. The third kappa shape index (κ3) is 3.80. The quantitative estimate of drug-likeness (QED) is 0.619. The van der Waals surface area contributed by atoms with Gasteiger partial charge in [0, 0.05) is 22.2 Å². The van der Waals surface area contributed by atoms with Crippen LogP contribution in [0.1, 0.15) is 28.3 Å². The highest BCUT2D eigenvalue weighted by atomic mass is 35.5. The number of anilines is 1. The number of benzene rings is 2. The van der Waals surface area contributed by atoms with Crippen LogP contribution in [0.4, 0.5) is 5.69 Å². The van der Waals surface area contributed by atoms with Gasteiger partial charge in [-0.05, 0) is 46.8 Å². The second kappa shape index (κ2) is 7.62. The fourth-order valence-electron chi connectivity index (χ4n) is 3.25. The lowest BCUT2D eigenvalue weighted by atomic mass is 9.90. The van der Waals surface area contributed by atoms with Crippen LogP contribution in [0.15, 0.2) is 53.9 Å². The number of rotatable bonds is 5. The molecule has 1 atom stereocenters. The molecule has 0 unspecified atom stereocenters. The predicted molar refractivity (Wildman–Crippen MR) is 108 cm³/mol. The van der Waals surface area contributed by atoms with Crippen LogP contribution in [0.3, 0.4) is 0 Å². The summed E-state index contributed by atoms with van der Waals surface area (Å²) in [4.78, 5) is 13.2. The summed E-state index contributed by atoms with van der Waals surface area (Å²) in [6, 6.07) is 15.4. The number of carbonyl (C=O) groups is 1. The summed E-state index contributed by atoms with van der Waals surface area (Å²) in [6.07, 6.45) is 0.430. The molecular formula is C21H18ClNO3S. The van der Waals surface area contributed by atoms with E-state index in [1.807, 2.05) is 53.9 Å². The Morgan fingerprint density at radius 3 is 2.89 bits per heavy atom. The van der Waals surface area contributed by atoms with Crippen LogP contribution >= 0.6 is 22.9 Å². The Morgan fingerprint density at radius 2 is 2.07 bits per heavy atom. The van der Waals surface area contributed by atoms with Gasteiger partial charge in [0.05, 0.1) is 12.8 Å². The first-order valence-corrected chi connectivity index (χ1v) is 9.82. The molecule has 1 aliphatic heterocycles. The smallest absolute Gasteiger partial charge is 0.225 e. The Morgan fingerprint density at radius 1 is 1.19 bits per heavy atom. The van der Waals surface area contributed by atoms with E-state index in [-0.39, 0.29) is 11.8 Å². The van der Waals surface area contributed by atoms with E-state index in [9.17, 15) is 4.79 Å². The number of hydrogen-bond acceptors (Lipinski definition) is 4. The van der Waals surface area contributed by atoms with Gasteiger partial charge < -0.3 is 14.8 Å². The molecule has 138 valence electrons. The SMILES string of the molecule is COc1cc([C@H]2CC(=O)Nc3ccsc32)ccc1OCc1cccc(Cl)c1. The highest BCUT2D eigenvalue weighted by Gasteiger charge is 2.28. The minimum absolute atomic E-state index is 0.0321. The number of thiophene rings is 1. The van der Waals surface area contributed by atoms with Crippen LogP contribution in [0.5, 0.6) is 11.5 Å². The lowest BCUT2D eigenvalue weighted by Crippen LogP contribution is -2.21. The van der Waals surface area contributed by atoms with Crippen molar-refractivity contribution in [1.29, 1.82) is 0 Å². The molecule has 0 saturated heterocycles. The number of hydrogen-bond donors (Lipinski definition) is 1. The van der Waals surface area contributed by atoms with E-state index in [2.05, 4.69) is 5.32 Å². The van der Waals surface area contributed by atoms with E-state index in [1.165, 1.54) is 4.88 Å². The van der Waals surface area contributed by atoms with E-state index < -0.39 is 0 Å². The van der Waals surface area contributed by atoms with Gasteiger partial charge in [-0.1, -0.05) is 29.8 Å². The molecule has 4 rings (SSSR count). The van der Waals surface area contributed by atoms with Crippen molar-refractivity contribution in [3.05, 3.63) is 74.9 Å². The van der Waals surface area contributed by atoms with Gasteiger partial charge in [0.2, 0.25) is 5.91 Å². The summed E-state index contributed by atoms with van der Waals surface area (Å²) in [7, 11) is 1.62. The summed E-state index contributed by atoms with van der Waals surface area (Å²) in [5, 5.41) is 5.61. The standard InChI is InChI=1S/C21H18ClNO3S/c1-25-19-10-14(16-11-20(24)23-17-7-8-27-21(16)17)5-6-18(19)26-12-13-3-2-4-15(22)9-13/h2-10,16H,11-12H2,1H3,(H,23,24)/t16-/m1/s1. The molecule has 1 aliphatic rings. The number of nitrogens with one attached hydrogen (secondary N) is 1. The number of amides is 1. The molecule has 1 aromatic heterocycles. The zero-order valence-electron chi connectivity index (χ0n) is 14.7. The van der Waals surface area contributed by atoms with Gasteiger partial charge >= 0.3 is 0 Å². The molecule has 27 heavy (non-hydrogen) atoms. The Hall–Kier alpha value is -2.50. The molecule has 3 aromatic rings. The highest BCUT2D eigenvalue weighted by molar-refractivity contribution is 7.10. The normalized spacial score (nSPS) is 15.8. The largest absolute Gasteiger partial charge is 0.493 e. The van der Waals surface area contributed by atoms with Gasteiger partial charge in [0.25, 0.3) is 0 Å². The van der Waals surface area contributed by atoms with Gasteiger partial charge in [-0.15, -0.1) is 11.3 Å². The lowest BCUT2D eigenvalue weighted by molar-refractivity contribution is -0.116. The molecule has 0 aliphatic carbocycles. The van der Waals surface area contributed by atoms with Crippen LogP contribution in [0.25, 0.3) is 0 Å². The van der Waals surface area contributed by atoms with Crippen molar-refractivity contribution in [3.8, 4) is 11.5 Å². The molecule has 2 aromatic carbocycles. The molecule has 0 bridgehead atoms. The monoisotopic (exact) mass is 399 g/mol.